The van der Waals surface area contributed by atoms with E-state index in [1.807, 2.05) is 19.3 Å². The molecule has 4 nitrogen and oxygen atoms in total. The summed E-state index contributed by atoms with van der Waals surface area (Å²) in [6.07, 6.45) is 9.52. The molecule has 19 heavy (non-hydrogen) atoms. The monoisotopic (exact) mass is 259 g/mol. The second kappa shape index (κ2) is 4.44. The predicted molar refractivity (Wildman–Crippen MR) is 73.1 cm³/mol. The molecule has 3 fully saturated rings. The van der Waals surface area contributed by atoms with Gasteiger partial charge in [-0.25, -0.2) is 9.97 Å². The fourth-order valence-electron chi connectivity index (χ4n) is 3.49. The lowest BCUT2D eigenvalue weighted by molar-refractivity contribution is 0.0323. The van der Waals surface area contributed by atoms with Gasteiger partial charge in [-0.3, -0.25) is 0 Å². The molecule has 4 rings (SSSR count). The van der Waals surface area contributed by atoms with Crippen LogP contribution in [0.15, 0.2) is 12.4 Å². The van der Waals surface area contributed by atoms with Crippen LogP contribution in [-0.4, -0.2) is 35.3 Å². The Balaban J connectivity index is 1.48. The number of aryl methyl sites for hydroxylation is 1. The molecule has 2 bridgehead atoms. The Morgan fingerprint density at radius 1 is 1.21 bits per heavy atom. The zero-order valence-corrected chi connectivity index (χ0v) is 11.5. The average molecular weight is 259 g/mol. The Bertz CT molecular complexity index is 457. The van der Waals surface area contributed by atoms with E-state index in [1.54, 1.807) is 0 Å². The zero-order chi connectivity index (χ0) is 12.8. The molecular weight excluding hydrogens is 238 g/mol. The summed E-state index contributed by atoms with van der Waals surface area (Å²) in [6, 6.07) is 0.506. The van der Waals surface area contributed by atoms with Crippen molar-refractivity contribution in [3.8, 4) is 0 Å². The van der Waals surface area contributed by atoms with Gasteiger partial charge in [0, 0.05) is 31.5 Å². The number of nitrogens with zero attached hydrogens (tertiary/aromatic N) is 3. The van der Waals surface area contributed by atoms with E-state index in [0.717, 1.165) is 30.6 Å². The van der Waals surface area contributed by atoms with Crippen LogP contribution in [0, 0.1) is 18.8 Å². The van der Waals surface area contributed by atoms with Crippen LogP contribution in [0.4, 0.5) is 5.95 Å². The maximum atomic E-state index is 6.19. The van der Waals surface area contributed by atoms with Crippen molar-refractivity contribution in [2.45, 2.75) is 44.8 Å². The highest BCUT2D eigenvalue weighted by molar-refractivity contribution is 5.37. The zero-order valence-electron chi connectivity index (χ0n) is 11.5. The minimum Gasteiger partial charge on any atom is -0.375 e. The molecule has 3 aliphatic rings. The molecule has 1 saturated heterocycles. The lowest BCUT2D eigenvalue weighted by atomic mass is 10.1. The van der Waals surface area contributed by atoms with E-state index in [2.05, 4.69) is 14.9 Å². The van der Waals surface area contributed by atoms with Gasteiger partial charge < -0.3 is 9.64 Å². The number of anilines is 1. The van der Waals surface area contributed by atoms with Crippen LogP contribution in [0.2, 0.25) is 0 Å². The number of fused-ring (bicyclic) bond motifs is 2. The van der Waals surface area contributed by atoms with Crippen molar-refractivity contribution >= 4 is 5.95 Å². The Morgan fingerprint density at radius 3 is 2.74 bits per heavy atom. The van der Waals surface area contributed by atoms with Gasteiger partial charge in [0.1, 0.15) is 0 Å². The van der Waals surface area contributed by atoms with Crippen molar-refractivity contribution in [3.05, 3.63) is 18.0 Å². The van der Waals surface area contributed by atoms with Gasteiger partial charge in [-0.05, 0) is 44.1 Å². The summed E-state index contributed by atoms with van der Waals surface area (Å²) in [5.74, 6) is 2.43. The number of ether oxygens (including phenoxy) is 1. The van der Waals surface area contributed by atoms with Crippen molar-refractivity contribution in [2.24, 2.45) is 11.8 Å². The van der Waals surface area contributed by atoms with Crippen molar-refractivity contribution in [1.29, 1.82) is 0 Å². The van der Waals surface area contributed by atoms with Crippen LogP contribution in [0.1, 0.15) is 31.2 Å². The summed E-state index contributed by atoms with van der Waals surface area (Å²) in [5.41, 5.74) is 1.12. The van der Waals surface area contributed by atoms with Gasteiger partial charge in [-0.1, -0.05) is 0 Å². The van der Waals surface area contributed by atoms with Gasteiger partial charge in [-0.15, -0.1) is 0 Å². The van der Waals surface area contributed by atoms with Gasteiger partial charge in [0.05, 0.1) is 12.1 Å². The van der Waals surface area contributed by atoms with Crippen LogP contribution in [0.3, 0.4) is 0 Å². The van der Waals surface area contributed by atoms with Gasteiger partial charge in [-0.2, -0.15) is 0 Å². The third-order valence-electron chi connectivity index (χ3n) is 4.75. The third kappa shape index (κ3) is 2.12. The minimum atomic E-state index is 0.422. The van der Waals surface area contributed by atoms with E-state index in [9.17, 15) is 0 Å². The summed E-state index contributed by atoms with van der Waals surface area (Å²) in [7, 11) is 0. The van der Waals surface area contributed by atoms with Gasteiger partial charge in [0.2, 0.25) is 5.95 Å². The molecule has 0 amide bonds. The van der Waals surface area contributed by atoms with Crippen molar-refractivity contribution < 1.29 is 4.74 Å². The van der Waals surface area contributed by atoms with Crippen molar-refractivity contribution in [2.75, 3.05) is 18.1 Å². The summed E-state index contributed by atoms with van der Waals surface area (Å²) >= 11 is 0. The van der Waals surface area contributed by atoms with Crippen LogP contribution in [0.25, 0.3) is 0 Å². The molecular formula is C15H21N3O. The van der Waals surface area contributed by atoms with Gasteiger partial charge in [0.15, 0.2) is 0 Å². The summed E-state index contributed by atoms with van der Waals surface area (Å²) in [6.45, 7) is 4.07. The molecule has 102 valence electrons. The van der Waals surface area contributed by atoms with E-state index < -0.39 is 0 Å². The normalized spacial score (nSPS) is 33.1. The molecule has 1 aromatic rings. The van der Waals surface area contributed by atoms with E-state index >= 15 is 0 Å². The molecule has 3 atom stereocenters. The third-order valence-corrected chi connectivity index (χ3v) is 4.75. The standard InChI is InChI=1S/C15H21N3O/c1-10-6-16-15(17-7-10)18-8-12-4-5-13(18)14(12)19-9-11-2-3-11/h6-7,11-14H,2-5,8-9H2,1H3. The minimum absolute atomic E-state index is 0.422. The number of hydrogen-bond acceptors (Lipinski definition) is 4. The molecule has 2 heterocycles. The maximum Gasteiger partial charge on any atom is 0.225 e. The first-order valence-corrected chi connectivity index (χ1v) is 7.48. The number of rotatable bonds is 4. The van der Waals surface area contributed by atoms with E-state index in [-0.39, 0.29) is 0 Å². The Kier molecular flexibility index (Phi) is 2.72. The lowest BCUT2D eigenvalue weighted by Crippen LogP contribution is -2.36. The molecule has 4 heteroatoms. The predicted octanol–water partition coefficient (Wildman–Crippen LogP) is 2.18. The quantitative estimate of drug-likeness (QED) is 0.830. The Labute approximate surface area is 114 Å². The van der Waals surface area contributed by atoms with Crippen LogP contribution in [0.5, 0.6) is 0 Å². The first-order valence-electron chi connectivity index (χ1n) is 7.48. The summed E-state index contributed by atoms with van der Waals surface area (Å²) in [5, 5.41) is 0. The SMILES string of the molecule is Cc1cnc(N2CC3CCC2C3OCC2CC2)nc1. The Hall–Kier alpha value is -1.16. The Morgan fingerprint density at radius 2 is 2.00 bits per heavy atom. The number of aromatic nitrogens is 2. The molecule has 0 spiro atoms. The first-order chi connectivity index (χ1) is 9.31. The van der Waals surface area contributed by atoms with Gasteiger partial charge in [0.25, 0.3) is 0 Å². The topological polar surface area (TPSA) is 38.2 Å². The molecule has 2 aliphatic carbocycles. The fourth-order valence-corrected chi connectivity index (χ4v) is 3.49. The van der Waals surface area contributed by atoms with Crippen molar-refractivity contribution in [3.63, 3.8) is 0 Å². The maximum absolute atomic E-state index is 6.19. The molecule has 0 N–H and O–H groups in total. The molecule has 3 unspecified atom stereocenters. The van der Waals surface area contributed by atoms with E-state index in [1.165, 1.54) is 25.7 Å². The largest absolute Gasteiger partial charge is 0.375 e. The van der Waals surface area contributed by atoms with E-state index in [4.69, 9.17) is 4.74 Å². The second-order valence-corrected chi connectivity index (χ2v) is 6.36. The smallest absolute Gasteiger partial charge is 0.225 e. The van der Waals surface area contributed by atoms with Crippen molar-refractivity contribution in [1.82, 2.24) is 9.97 Å². The highest BCUT2D eigenvalue weighted by atomic mass is 16.5. The summed E-state index contributed by atoms with van der Waals surface area (Å²) in [4.78, 5) is 11.3. The van der Waals surface area contributed by atoms with Crippen LogP contribution < -0.4 is 4.90 Å². The molecule has 0 aromatic carbocycles. The summed E-state index contributed by atoms with van der Waals surface area (Å²) < 4.78 is 6.19. The average Bonchev–Trinajstić information content (AvgIpc) is 3.11. The molecule has 1 aromatic heterocycles. The molecule has 2 saturated carbocycles. The van der Waals surface area contributed by atoms with Crippen LogP contribution in [-0.2, 0) is 4.74 Å². The molecule has 1 aliphatic heterocycles. The van der Waals surface area contributed by atoms with Gasteiger partial charge >= 0.3 is 0 Å². The second-order valence-electron chi connectivity index (χ2n) is 6.36. The number of piperidine rings is 1. The highest BCUT2D eigenvalue weighted by Crippen LogP contribution is 2.42. The highest BCUT2D eigenvalue weighted by Gasteiger charge is 2.48. The fraction of sp³-hybridized carbons (Fsp3) is 0.733. The van der Waals surface area contributed by atoms with E-state index in [0.29, 0.717) is 18.1 Å². The number of hydrogen-bond donors (Lipinski definition) is 0. The van der Waals surface area contributed by atoms with Crippen LogP contribution >= 0.6 is 0 Å². The first kappa shape index (κ1) is 11.6. The molecule has 0 radical (unpaired) electrons. The lowest BCUT2D eigenvalue weighted by Gasteiger charge is -2.27.